The average Bonchev–Trinajstić information content (AvgIpc) is 3.10. The molecule has 0 bridgehead atoms. The lowest BCUT2D eigenvalue weighted by Crippen LogP contribution is -2.53. The van der Waals surface area contributed by atoms with Crippen LogP contribution in [0.1, 0.15) is 44.9 Å². The molecule has 1 aliphatic carbocycles. The number of hydrogen-bond acceptors (Lipinski definition) is 4. The Morgan fingerprint density at radius 3 is 2.35 bits per heavy atom. The van der Waals surface area contributed by atoms with Crippen LogP contribution in [0.25, 0.3) is 0 Å². The summed E-state index contributed by atoms with van der Waals surface area (Å²) in [6.07, 6.45) is 7.61. The largest absolute Gasteiger partial charge is 0.368 e. The maximum absolute atomic E-state index is 12.3. The molecule has 3 aliphatic rings. The lowest BCUT2D eigenvalue weighted by Gasteiger charge is -2.35. The number of carbonyl (C=O) groups is 2. The van der Waals surface area contributed by atoms with E-state index in [9.17, 15) is 9.59 Å². The van der Waals surface area contributed by atoms with E-state index in [2.05, 4.69) is 10.2 Å². The first-order valence-electron chi connectivity index (χ1n) is 9.14. The van der Waals surface area contributed by atoms with Gasteiger partial charge in [-0.15, -0.1) is 0 Å². The average molecular weight is 323 g/mol. The molecule has 23 heavy (non-hydrogen) atoms. The molecule has 1 saturated carbocycles. The van der Waals surface area contributed by atoms with Crippen molar-refractivity contribution in [1.82, 2.24) is 15.1 Å². The van der Waals surface area contributed by atoms with Crippen LogP contribution in [0.15, 0.2) is 0 Å². The molecule has 3 rings (SSSR count). The Kier molecular flexibility index (Phi) is 5.89. The van der Waals surface area contributed by atoms with E-state index in [1.165, 1.54) is 19.3 Å². The molecule has 0 spiro atoms. The monoisotopic (exact) mass is 323 g/mol. The summed E-state index contributed by atoms with van der Waals surface area (Å²) in [7, 11) is 0. The Balaban J connectivity index is 1.36. The Morgan fingerprint density at radius 2 is 1.70 bits per heavy atom. The molecule has 0 aromatic carbocycles. The van der Waals surface area contributed by atoms with Gasteiger partial charge in [-0.05, 0) is 25.7 Å². The van der Waals surface area contributed by atoms with Crippen LogP contribution < -0.4 is 5.32 Å². The first kappa shape index (κ1) is 16.7. The molecular weight excluding hydrogens is 294 g/mol. The van der Waals surface area contributed by atoms with Crippen LogP contribution in [0, 0.1) is 0 Å². The molecule has 0 radical (unpaired) electrons. The van der Waals surface area contributed by atoms with E-state index < -0.39 is 0 Å². The lowest BCUT2D eigenvalue weighted by molar-refractivity contribution is -0.142. The van der Waals surface area contributed by atoms with Crippen molar-refractivity contribution in [2.75, 3.05) is 39.3 Å². The summed E-state index contributed by atoms with van der Waals surface area (Å²) in [5.74, 6) is 0.268. The molecule has 0 aromatic heterocycles. The summed E-state index contributed by atoms with van der Waals surface area (Å²) in [6.45, 7) is 4.12. The first-order valence-corrected chi connectivity index (χ1v) is 9.14. The van der Waals surface area contributed by atoms with E-state index in [1.807, 2.05) is 4.90 Å². The normalized spacial score (nSPS) is 27.1. The molecule has 3 fully saturated rings. The van der Waals surface area contributed by atoms with Crippen LogP contribution in [0.2, 0.25) is 0 Å². The third kappa shape index (κ3) is 4.67. The van der Waals surface area contributed by atoms with Gasteiger partial charge in [0, 0.05) is 38.8 Å². The number of nitrogens with zero attached hydrogens (tertiary/aromatic N) is 2. The SMILES string of the molecule is O=C(CN1CCN(C(=O)C2CCCO2)CC1)NC1CCCCC1. The van der Waals surface area contributed by atoms with Crippen LogP contribution >= 0.6 is 0 Å². The van der Waals surface area contributed by atoms with Crippen molar-refractivity contribution < 1.29 is 14.3 Å². The van der Waals surface area contributed by atoms with E-state index in [0.29, 0.717) is 32.3 Å². The van der Waals surface area contributed by atoms with Gasteiger partial charge in [0.15, 0.2) is 0 Å². The summed E-state index contributed by atoms with van der Waals surface area (Å²) >= 11 is 0. The summed E-state index contributed by atoms with van der Waals surface area (Å²) in [6, 6.07) is 0.374. The van der Waals surface area contributed by atoms with E-state index in [4.69, 9.17) is 4.74 Å². The Labute approximate surface area is 138 Å². The fourth-order valence-corrected chi connectivity index (χ4v) is 3.83. The Hall–Kier alpha value is -1.14. The summed E-state index contributed by atoms with van der Waals surface area (Å²) < 4.78 is 5.47. The topological polar surface area (TPSA) is 61.9 Å². The second-order valence-corrected chi connectivity index (χ2v) is 7.01. The molecule has 2 saturated heterocycles. The highest BCUT2D eigenvalue weighted by atomic mass is 16.5. The van der Waals surface area contributed by atoms with E-state index in [-0.39, 0.29) is 17.9 Å². The molecule has 6 heteroatoms. The second-order valence-electron chi connectivity index (χ2n) is 7.01. The minimum Gasteiger partial charge on any atom is -0.368 e. The van der Waals surface area contributed by atoms with E-state index in [0.717, 1.165) is 38.8 Å². The Morgan fingerprint density at radius 1 is 0.957 bits per heavy atom. The molecule has 2 amide bonds. The summed E-state index contributed by atoms with van der Waals surface area (Å²) in [5, 5.41) is 3.16. The van der Waals surface area contributed by atoms with Gasteiger partial charge in [0.05, 0.1) is 6.54 Å². The predicted octanol–water partition coefficient (Wildman–Crippen LogP) is 0.759. The summed E-state index contributed by atoms with van der Waals surface area (Å²) in [5.41, 5.74) is 0. The minimum atomic E-state index is -0.226. The number of piperazine rings is 1. The third-order valence-electron chi connectivity index (χ3n) is 5.23. The molecule has 1 N–H and O–H groups in total. The van der Waals surface area contributed by atoms with Crippen LogP contribution in [0.3, 0.4) is 0 Å². The second kappa shape index (κ2) is 8.11. The fourth-order valence-electron chi connectivity index (χ4n) is 3.83. The van der Waals surface area contributed by atoms with Gasteiger partial charge >= 0.3 is 0 Å². The number of nitrogens with one attached hydrogen (secondary N) is 1. The van der Waals surface area contributed by atoms with Crippen molar-refractivity contribution in [2.45, 2.75) is 57.1 Å². The van der Waals surface area contributed by atoms with Gasteiger partial charge in [-0.2, -0.15) is 0 Å². The van der Waals surface area contributed by atoms with Crippen LogP contribution in [-0.4, -0.2) is 73.1 Å². The van der Waals surface area contributed by atoms with Gasteiger partial charge in [0.2, 0.25) is 5.91 Å². The number of rotatable bonds is 4. The fraction of sp³-hybridized carbons (Fsp3) is 0.882. The van der Waals surface area contributed by atoms with E-state index in [1.54, 1.807) is 0 Å². The molecule has 1 atom stereocenters. The first-order chi connectivity index (χ1) is 11.2. The molecule has 6 nitrogen and oxygen atoms in total. The molecule has 1 unspecified atom stereocenters. The van der Waals surface area contributed by atoms with Crippen molar-refractivity contribution in [3.63, 3.8) is 0 Å². The van der Waals surface area contributed by atoms with Crippen molar-refractivity contribution in [1.29, 1.82) is 0 Å². The zero-order chi connectivity index (χ0) is 16.1. The van der Waals surface area contributed by atoms with Gasteiger partial charge < -0.3 is 15.0 Å². The number of hydrogen-bond donors (Lipinski definition) is 1. The van der Waals surface area contributed by atoms with E-state index >= 15 is 0 Å². The highest BCUT2D eigenvalue weighted by Crippen LogP contribution is 2.18. The van der Waals surface area contributed by atoms with Crippen molar-refractivity contribution in [2.24, 2.45) is 0 Å². The zero-order valence-electron chi connectivity index (χ0n) is 14.0. The predicted molar refractivity (Wildman–Crippen MR) is 87.0 cm³/mol. The van der Waals surface area contributed by atoms with Gasteiger partial charge in [-0.25, -0.2) is 0 Å². The maximum atomic E-state index is 12.3. The van der Waals surface area contributed by atoms with Gasteiger partial charge in [0.1, 0.15) is 6.10 Å². The molecule has 2 aliphatic heterocycles. The standard InChI is InChI=1S/C17H29N3O3/c21-16(18-14-5-2-1-3-6-14)13-19-8-10-20(11-9-19)17(22)15-7-4-12-23-15/h14-15H,1-13H2,(H,18,21). The highest BCUT2D eigenvalue weighted by molar-refractivity contribution is 5.81. The smallest absolute Gasteiger partial charge is 0.251 e. The number of carbonyl (C=O) groups excluding carboxylic acids is 2. The zero-order valence-corrected chi connectivity index (χ0v) is 14.0. The van der Waals surface area contributed by atoms with Crippen LogP contribution in [0.4, 0.5) is 0 Å². The quantitative estimate of drug-likeness (QED) is 0.830. The van der Waals surface area contributed by atoms with Gasteiger partial charge in [-0.1, -0.05) is 19.3 Å². The van der Waals surface area contributed by atoms with Crippen molar-refractivity contribution in [3.05, 3.63) is 0 Å². The third-order valence-corrected chi connectivity index (χ3v) is 5.23. The molecule has 2 heterocycles. The van der Waals surface area contributed by atoms with Crippen molar-refractivity contribution in [3.8, 4) is 0 Å². The highest BCUT2D eigenvalue weighted by Gasteiger charge is 2.30. The van der Waals surface area contributed by atoms with Gasteiger partial charge in [0.25, 0.3) is 5.91 Å². The number of amides is 2. The lowest BCUT2D eigenvalue weighted by atomic mass is 9.95. The van der Waals surface area contributed by atoms with Crippen molar-refractivity contribution >= 4 is 11.8 Å². The molecule has 130 valence electrons. The summed E-state index contributed by atoms with van der Waals surface area (Å²) in [4.78, 5) is 28.5. The Bertz CT molecular complexity index is 409. The minimum absolute atomic E-state index is 0.133. The number of ether oxygens (including phenoxy) is 1. The van der Waals surface area contributed by atoms with Crippen LogP contribution in [0.5, 0.6) is 0 Å². The van der Waals surface area contributed by atoms with Gasteiger partial charge in [-0.3, -0.25) is 14.5 Å². The maximum Gasteiger partial charge on any atom is 0.251 e. The molecule has 0 aromatic rings. The molecular formula is C17H29N3O3. The van der Waals surface area contributed by atoms with Crippen LogP contribution in [-0.2, 0) is 14.3 Å².